The highest BCUT2D eigenvalue weighted by Gasteiger charge is 2.40. The second-order valence-electron chi connectivity index (χ2n) is 13.6. The van der Waals surface area contributed by atoms with Gasteiger partial charge in [-0.1, -0.05) is 30.3 Å². The smallest absolute Gasteiger partial charge is 0.262 e. The molecule has 0 bridgehead atoms. The predicted octanol–water partition coefficient (Wildman–Crippen LogP) is 3.37. The SMILES string of the molecule is CN(CCNCCc1ccc(O)c2c1OCC(=O)N2)C(=O)CCOCCc1cccc(CN2CCC3(CC2)CN(c2cc(F)ccn2)CCO3)c1. The Labute approximate surface area is 298 Å². The highest BCUT2D eigenvalue weighted by molar-refractivity contribution is 5.97. The van der Waals surface area contributed by atoms with Crippen LogP contribution >= 0.6 is 0 Å². The van der Waals surface area contributed by atoms with Crippen molar-refractivity contribution in [2.45, 2.75) is 44.2 Å². The summed E-state index contributed by atoms with van der Waals surface area (Å²) in [5, 5.41) is 16.0. The van der Waals surface area contributed by atoms with E-state index >= 15 is 0 Å². The Morgan fingerprint density at radius 2 is 1.94 bits per heavy atom. The molecule has 3 aliphatic heterocycles. The van der Waals surface area contributed by atoms with Gasteiger partial charge in [-0.3, -0.25) is 14.5 Å². The first-order valence-corrected chi connectivity index (χ1v) is 17.9. The molecule has 0 atom stereocenters. The number of amides is 2. The average molecular weight is 705 g/mol. The van der Waals surface area contributed by atoms with Crippen molar-refractivity contribution in [3.63, 3.8) is 0 Å². The Balaban J connectivity index is 0.837. The first-order chi connectivity index (χ1) is 24.8. The van der Waals surface area contributed by atoms with Crippen LogP contribution in [0.15, 0.2) is 54.7 Å². The van der Waals surface area contributed by atoms with E-state index in [0.29, 0.717) is 69.6 Å². The molecule has 274 valence electrons. The summed E-state index contributed by atoms with van der Waals surface area (Å²) in [4.78, 5) is 34.9. The number of nitrogens with zero attached hydrogens (tertiary/aromatic N) is 4. The molecule has 13 heteroatoms. The van der Waals surface area contributed by atoms with Crippen LogP contribution in [0.3, 0.4) is 0 Å². The molecule has 3 aromatic rings. The molecule has 51 heavy (non-hydrogen) atoms. The number of morpholine rings is 1. The van der Waals surface area contributed by atoms with Crippen molar-refractivity contribution in [1.82, 2.24) is 20.1 Å². The number of pyridine rings is 1. The van der Waals surface area contributed by atoms with Crippen molar-refractivity contribution in [1.29, 1.82) is 0 Å². The maximum Gasteiger partial charge on any atom is 0.262 e. The minimum absolute atomic E-state index is 0.0156. The maximum absolute atomic E-state index is 13.8. The first kappa shape index (κ1) is 36.5. The molecule has 2 saturated heterocycles. The van der Waals surface area contributed by atoms with Gasteiger partial charge in [-0.25, -0.2) is 9.37 Å². The van der Waals surface area contributed by atoms with Crippen molar-refractivity contribution in [2.75, 3.05) is 89.5 Å². The lowest BCUT2D eigenvalue weighted by Crippen LogP contribution is -2.57. The van der Waals surface area contributed by atoms with Crippen LogP contribution in [-0.4, -0.2) is 117 Å². The average Bonchev–Trinajstić information content (AvgIpc) is 3.13. The third-order valence-corrected chi connectivity index (χ3v) is 9.89. The molecule has 12 nitrogen and oxygen atoms in total. The van der Waals surface area contributed by atoms with Crippen LogP contribution in [0.5, 0.6) is 11.5 Å². The van der Waals surface area contributed by atoms with Gasteiger partial charge in [-0.2, -0.15) is 0 Å². The number of phenolic OH excluding ortho intramolecular Hbond substituents is 1. The number of nitrogens with one attached hydrogen (secondary N) is 2. The summed E-state index contributed by atoms with van der Waals surface area (Å²) in [7, 11) is 1.80. The number of likely N-dealkylation sites (N-methyl/N-ethyl adjacent to an activating group) is 1. The van der Waals surface area contributed by atoms with Crippen molar-refractivity contribution < 1.29 is 33.3 Å². The maximum atomic E-state index is 13.8. The van der Waals surface area contributed by atoms with Gasteiger partial charge in [0.25, 0.3) is 5.91 Å². The Morgan fingerprint density at radius 3 is 2.78 bits per heavy atom. The number of phenols is 1. The van der Waals surface area contributed by atoms with Gasteiger partial charge in [0.05, 0.1) is 31.8 Å². The molecule has 2 amide bonds. The number of ether oxygens (including phenoxy) is 3. The van der Waals surface area contributed by atoms with E-state index in [9.17, 15) is 19.1 Å². The van der Waals surface area contributed by atoms with Gasteiger partial charge in [0.1, 0.15) is 23.1 Å². The molecule has 0 saturated carbocycles. The zero-order chi connectivity index (χ0) is 35.6. The van der Waals surface area contributed by atoms with Gasteiger partial charge < -0.3 is 39.8 Å². The second-order valence-corrected chi connectivity index (χ2v) is 13.6. The molecule has 6 rings (SSSR count). The summed E-state index contributed by atoms with van der Waals surface area (Å²) in [6.45, 7) is 7.56. The van der Waals surface area contributed by atoms with Crippen LogP contribution in [0.4, 0.5) is 15.9 Å². The monoisotopic (exact) mass is 704 g/mol. The summed E-state index contributed by atoms with van der Waals surface area (Å²) in [6.07, 6.45) is 5.14. The Hall–Kier alpha value is -4.30. The topological polar surface area (TPSA) is 129 Å². The van der Waals surface area contributed by atoms with Crippen molar-refractivity contribution in [3.8, 4) is 11.5 Å². The zero-order valence-corrected chi connectivity index (χ0v) is 29.4. The van der Waals surface area contributed by atoms with E-state index in [1.165, 1.54) is 29.5 Å². The van der Waals surface area contributed by atoms with Gasteiger partial charge in [0.15, 0.2) is 12.4 Å². The van der Waals surface area contributed by atoms with Crippen LogP contribution in [-0.2, 0) is 38.4 Å². The van der Waals surface area contributed by atoms with Gasteiger partial charge in [-0.05, 0) is 61.1 Å². The van der Waals surface area contributed by atoms with Crippen LogP contribution in [0.1, 0.15) is 36.0 Å². The number of fused-ring (bicyclic) bond motifs is 1. The summed E-state index contributed by atoms with van der Waals surface area (Å²) in [5.74, 6) is 0.654. The Morgan fingerprint density at radius 1 is 1.10 bits per heavy atom. The fraction of sp³-hybridized carbons (Fsp3) is 0.500. The Bertz CT molecular complexity index is 1650. The number of hydrogen-bond donors (Lipinski definition) is 3. The minimum Gasteiger partial charge on any atom is -0.506 e. The lowest BCUT2D eigenvalue weighted by Gasteiger charge is -2.47. The zero-order valence-electron chi connectivity index (χ0n) is 29.4. The van der Waals surface area contributed by atoms with Crippen molar-refractivity contribution >= 4 is 23.3 Å². The largest absolute Gasteiger partial charge is 0.506 e. The highest BCUT2D eigenvalue weighted by atomic mass is 19.1. The third kappa shape index (κ3) is 9.94. The Kier molecular flexibility index (Phi) is 12.4. The molecular formula is C38H49FN6O6. The molecule has 1 aromatic heterocycles. The number of likely N-dealkylation sites (tertiary alicyclic amines) is 1. The van der Waals surface area contributed by atoms with E-state index in [1.54, 1.807) is 24.1 Å². The van der Waals surface area contributed by atoms with Gasteiger partial charge >= 0.3 is 0 Å². The van der Waals surface area contributed by atoms with Crippen molar-refractivity contribution in [3.05, 3.63) is 77.2 Å². The fourth-order valence-corrected chi connectivity index (χ4v) is 6.94. The number of halogens is 1. The number of hydrogen-bond acceptors (Lipinski definition) is 10. The summed E-state index contributed by atoms with van der Waals surface area (Å²) < 4.78 is 31.5. The number of piperidine rings is 1. The molecule has 2 aromatic carbocycles. The lowest BCUT2D eigenvalue weighted by atomic mass is 9.89. The normalized spacial score (nSPS) is 17.1. The molecule has 0 aliphatic carbocycles. The predicted molar refractivity (Wildman–Crippen MR) is 192 cm³/mol. The molecule has 4 heterocycles. The van der Waals surface area contributed by atoms with Gasteiger partial charge in [-0.15, -0.1) is 0 Å². The number of rotatable bonds is 15. The lowest BCUT2D eigenvalue weighted by molar-refractivity contribution is -0.131. The van der Waals surface area contributed by atoms with E-state index in [-0.39, 0.29) is 35.6 Å². The van der Waals surface area contributed by atoms with E-state index in [1.807, 2.05) is 0 Å². The van der Waals surface area contributed by atoms with Crippen LogP contribution in [0, 0.1) is 5.82 Å². The number of anilines is 2. The number of carbonyl (C=O) groups excluding carboxylic acids is 2. The van der Waals surface area contributed by atoms with E-state index in [4.69, 9.17) is 14.2 Å². The summed E-state index contributed by atoms with van der Waals surface area (Å²) in [6, 6.07) is 14.9. The molecule has 1 spiro atoms. The molecule has 3 aliphatic rings. The molecular weight excluding hydrogens is 655 g/mol. The van der Waals surface area contributed by atoms with Crippen LogP contribution < -0.4 is 20.3 Å². The third-order valence-electron chi connectivity index (χ3n) is 9.89. The first-order valence-electron chi connectivity index (χ1n) is 17.9. The van der Waals surface area contributed by atoms with E-state index < -0.39 is 0 Å². The van der Waals surface area contributed by atoms with Crippen LogP contribution in [0.25, 0.3) is 0 Å². The van der Waals surface area contributed by atoms with E-state index in [2.05, 4.69) is 49.7 Å². The summed E-state index contributed by atoms with van der Waals surface area (Å²) >= 11 is 0. The molecule has 0 unspecified atom stereocenters. The number of aromatic hydroxyl groups is 1. The highest BCUT2D eigenvalue weighted by Crippen LogP contribution is 2.39. The molecule has 2 fully saturated rings. The fourth-order valence-electron chi connectivity index (χ4n) is 6.94. The molecule has 3 N–H and O–H groups in total. The molecule has 0 radical (unpaired) electrons. The van der Waals surface area contributed by atoms with Crippen molar-refractivity contribution in [2.24, 2.45) is 0 Å². The summed E-state index contributed by atoms with van der Waals surface area (Å²) in [5.41, 5.74) is 3.48. The van der Waals surface area contributed by atoms with Gasteiger partial charge in [0.2, 0.25) is 5.91 Å². The standard InChI is InChI=1S/C38H49FN6O6/c1-43(18-15-40-13-7-30-5-6-32(46)36-37(30)50-26-34(47)42-36)35(48)10-21-49-20-9-28-3-2-4-29(23-28)25-44-16-11-38(12-17-44)27-45(19-22-51-38)33-24-31(39)8-14-41-33/h2-6,8,14,23-24,40,46H,7,9-13,15-22,25-27H2,1H3,(H,42,47). The minimum atomic E-state index is -0.290. The van der Waals surface area contributed by atoms with Crippen LogP contribution in [0.2, 0.25) is 0 Å². The quantitative estimate of drug-likeness (QED) is 0.160. The number of aromatic nitrogens is 1. The number of carbonyl (C=O) groups is 2. The van der Waals surface area contributed by atoms with E-state index in [0.717, 1.165) is 57.5 Å². The van der Waals surface area contributed by atoms with Gasteiger partial charge in [0, 0.05) is 65.1 Å². The number of benzene rings is 2. The second kappa shape index (κ2) is 17.3.